The van der Waals surface area contributed by atoms with E-state index >= 15 is 0 Å². The molecule has 1 aromatic carbocycles. The lowest BCUT2D eigenvalue weighted by molar-refractivity contribution is -0.137. The number of alkyl halides is 3. The third kappa shape index (κ3) is 3.74. The quantitative estimate of drug-likeness (QED) is 0.588. The van der Waals surface area contributed by atoms with E-state index in [2.05, 4.69) is 14.7 Å². The van der Waals surface area contributed by atoms with Gasteiger partial charge >= 0.3 is 6.18 Å². The molecule has 3 aromatic rings. The van der Waals surface area contributed by atoms with Crippen LogP contribution in [0.2, 0.25) is 0 Å². The van der Waals surface area contributed by atoms with E-state index in [0.29, 0.717) is 29.3 Å². The molecule has 0 bridgehead atoms. The molecule has 29 heavy (non-hydrogen) atoms. The Morgan fingerprint density at radius 2 is 2.00 bits per heavy atom. The first-order valence-corrected chi connectivity index (χ1v) is 10.5. The highest BCUT2D eigenvalue weighted by Gasteiger charge is 2.37. The Balaban J connectivity index is 1.76. The van der Waals surface area contributed by atoms with Crippen LogP contribution in [0.3, 0.4) is 0 Å². The first kappa shape index (κ1) is 19.8. The zero-order chi connectivity index (χ0) is 21.0. The number of pyridine rings is 1. The van der Waals surface area contributed by atoms with Crippen molar-refractivity contribution in [2.75, 3.05) is 0 Å². The van der Waals surface area contributed by atoms with E-state index in [1.807, 2.05) is 0 Å². The molecule has 0 saturated heterocycles. The third-order valence-electron chi connectivity index (χ3n) is 4.94. The number of hydrogen-bond acceptors (Lipinski definition) is 3. The molecule has 0 amide bonds. The Labute approximate surface area is 164 Å². The monoisotopic (exact) mass is 427 g/mol. The summed E-state index contributed by atoms with van der Waals surface area (Å²) >= 11 is 0. The molecule has 154 valence electrons. The number of nitrogens with zero attached hydrogens (tertiary/aromatic N) is 1. The van der Waals surface area contributed by atoms with Crippen molar-refractivity contribution in [1.29, 1.82) is 0 Å². The van der Waals surface area contributed by atoms with Gasteiger partial charge in [-0.1, -0.05) is 0 Å². The lowest BCUT2D eigenvalue weighted by atomic mass is 10.0. The van der Waals surface area contributed by atoms with Crippen molar-refractivity contribution >= 4 is 20.9 Å². The van der Waals surface area contributed by atoms with Crippen LogP contribution in [0, 0.1) is 5.82 Å². The van der Waals surface area contributed by atoms with E-state index in [1.54, 1.807) is 6.92 Å². The molecule has 2 N–H and O–H groups in total. The van der Waals surface area contributed by atoms with Crippen LogP contribution in [-0.2, 0) is 16.2 Å². The van der Waals surface area contributed by atoms with Gasteiger partial charge in [-0.3, -0.25) is 4.98 Å². The molecule has 1 atom stereocenters. The van der Waals surface area contributed by atoms with E-state index in [0.717, 1.165) is 18.2 Å². The van der Waals surface area contributed by atoms with E-state index in [4.69, 9.17) is 0 Å². The van der Waals surface area contributed by atoms with Gasteiger partial charge in [-0.25, -0.2) is 17.5 Å². The molecule has 5 nitrogen and oxygen atoms in total. The molecule has 0 spiro atoms. The van der Waals surface area contributed by atoms with Crippen LogP contribution in [0.15, 0.2) is 36.7 Å². The van der Waals surface area contributed by atoms with Crippen LogP contribution in [0.4, 0.5) is 17.6 Å². The number of sulfonamides is 1. The molecule has 1 aliphatic carbocycles. The molecule has 0 aliphatic heterocycles. The van der Waals surface area contributed by atoms with Crippen LogP contribution < -0.4 is 4.72 Å². The molecule has 1 fully saturated rings. The maximum absolute atomic E-state index is 14.8. The summed E-state index contributed by atoms with van der Waals surface area (Å²) in [4.78, 5) is 6.62. The number of nitrogens with one attached hydrogen (secondary N) is 2. The predicted molar refractivity (Wildman–Crippen MR) is 100.0 cm³/mol. The van der Waals surface area contributed by atoms with E-state index < -0.39 is 44.6 Å². The van der Waals surface area contributed by atoms with Gasteiger partial charge in [-0.2, -0.15) is 13.2 Å². The molecular weight excluding hydrogens is 410 g/mol. The largest absolute Gasteiger partial charge is 0.418 e. The van der Waals surface area contributed by atoms with Crippen LogP contribution in [-0.4, -0.2) is 23.6 Å². The van der Waals surface area contributed by atoms with Crippen LogP contribution >= 0.6 is 0 Å². The first-order valence-electron chi connectivity index (χ1n) is 8.92. The third-order valence-corrected chi connectivity index (χ3v) is 6.97. The maximum atomic E-state index is 14.8. The summed E-state index contributed by atoms with van der Waals surface area (Å²) in [6.07, 6.45) is -0.763. The summed E-state index contributed by atoms with van der Waals surface area (Å²) in [5.41, 5.74) is -0.932. The second-order valence-corrected chi connectivity index (χ2v) is 9.10. The zero-order valence-electron chi connectivity index (χ0n) is 15.2. The van der Waals surface area contributed by atoms with Gasteiger partial charge in [0.25, 0.3) is 0 Å². The highest BCUT2D eigenvalue weighted by atomic mass is 32.2. The Bertz CT molecular complexity index is 1180. The lowest BCUT2D eigenvalue weighted by Gasteiger charge is -2.14. The Kier molecular flexibility index (Phi) is 4.66. The van der Waals surface area contributed by atoms with Gasteiger partial charge < -0.3 is 4.98 Å². The van der Waals surface area contributed by atoms with Crippen molar-refractivity contribution in [2.24, 2.45) is 0 Å². The minimum Gasteiger partial charge on any atom is -0.361 e. The summed E-state index contributed by atoms with van der Waals surface area (Å²) in [5, 5.41) is -0.00910. The van der Waals surface area contributed by atoms with Crippen molar-refractivity contribution < 1.29 is 26.0 Å². The number of hydrogen-bond donors (Lipinski definition) is 2. The molecule has 4 rings (SSSR count). The topological polar surface area (TPSA) is 74.8 Å². The average Bonchev–Trinajstić information content (AvgIpc) is 3.42. The van der Waals surface area contributed by atoms with Crippen LogP contribution in [0.25, 0.3) is 22.2 Å². The standard InChI is InChI=1S/C19H17F4N3O2S/c1-10(26-29(27,28)11-4-5-11)14-9-25-17-8-13(16(20)7-12(14)17)18-15(19(21,22)23)3-2-6-24-18/h2-3,6-11,25-26H,4-5H2,1H3. The molecular formula is C19H17F4N3O2S. The van der Waals surface area contributed by atoms with Crippen molar-refractivity contribution in [3.05, 3.63) is 53.6 Å². The van der Waals surface area contributed by atoms with Crippen molar-refractivity contribution in [2.45, 2.75) is 37.2 Å². The van der Waals surface area contributed by atoms with Gasteiger partial charge in [-0.05, 0) is 49.6 Å². The normalized spacial score (nSPS) is 16.3. The van der Waals surface area contributed by atoms with Crippen molar-refractivity contribution in [3.8, 4) is 11.3 Å². The summed E-state index contributed by atoms with van der Waals surface area (Å²) in [6.45, 7) is 1.63. The number of rotatable bonds is 5. The lowest BCUT2D eigenvalue weighted by Crippen LogP contribution is -2.29. The molecule has 1 unspecified atom stereocenters. The van der Waals surface area contributed by atoms with Crippen LogP contribution in [0.1, 0.15) is 36.9 Å². The van der Waals surface area contributed by atoms with E-state index in [-0.39, 0.29) is 5.56 Å². The molecule has 1 aliphatic rings. The van der Waals surface area contributed by atoms with Crippen molar-refractivity contribution in [1.82, 2.24) is 14.7 Å². The number of aromatic amines is 1. The van der Waals surface area contributed by atoms with Crippen molar-refractivity contribution in [3.63, 3.8) is 0 Å². The summed E-state index contributed by atoms with van der Waals surface area (Å²) < 4.78 is 81.6. The molecule has 2 heterocycles. The Hall–Kier alpha value is -2.46. The summed E-state index contributed by atoms with van der Waals surface area (Å²) in [6, 6.07) is 3.73. The molecule has 10 heteroatoms. The SMILES string of the molecule is CC(NS(=O)(=O)C1CC1)c1c[nH]c2cc(-c3ncccc3C(F)(F)F)c(F)cc12. The van der Waals surface area contributed by atoms with Crippen LogP contribution in [0.5, 0.6) is 0 Å². The Morgan fingerprint density at radius 3 is 2.66 bits per heavy atom. The van der Waals surface area contributed by atoms with E-state index in [1.165, 1.54) is 18.5 Å². The fourth-order valence-electron chi connectivity index (χ4n) is 3.34. The van der Waals surface area contributed by atoms with Gasteiger partial charge in [0.05, 0.1) is 16.5 Å². The van der Waals surface area contributed by atoms with Gasteiger partial charge in [0, 0.05) is 34.9 Å². The summed E-state index contributed by atoms with van der Waals surface area (Å²) in [7, 11) is -3.46. The average molecular weight is 427 g/mol. The highest BCUT2D eigenvalue weighted by Crippen LogP contribution is 2.38. The second kappa shape index (κ2) is 6.81. The van der Waals surface area contributed by atoms with Gasteiger partial charge in [-0.15, -0.1) is 0 Å². The van der Waals surface area contributed by atoms with Gasteiger partial charge in [0.15, 0.2) is 0 Å². The minimum absolute atomic E-state index is 0.287. The molecule has 2 aromatic heterocycles. The first-order chi connectivity index (χ1) is 13.6. The fraction of sp³-hybridized carbons (Fsp3) is 0.316. The number of aromatic nitrogens is 2. The highest BCUT2D eigenvalue weighted by molar-refractivity contribution is 7.90. The number of benzene rings is 1. The maximum Gasteiger partial charge on any atom is 0.418 e. The number of fused-ring (bicyclic) bond motifs is 1. The molecule has 1 saturated carbocycles. The Morgan fingerprint density at radius 1 is 1.28 bits per heavy atom. The molecule has 0 radical (unpaired) electrons. The zero-order valence-corrected chi connectivity index (χ0v) is 16.0. The fourth-order valence-corrected chi connectivity index (χ4v) is 4.91. The number of H-pyrrole nitrogens is 1. The van der Waals surface area contributed by atoms with E-state index in [9.17, 15) is 26.0 Å². The number of halogens is 4. The minimum atomic E-state index is -4.68. The van der Waals surface area contributed by atoms with Gasteiger partial charge in [0.1, 0.15) is 5.82 Å². The summed E-state index contributed by atoms with van der Waals surface area (Å²) in [5.74, 6) is -0.875. The van der Waals surface area contributed by atoms with Gasteiger partial charge in [0.2, 0.25) is 10.0 Å². The second-order valence-electron chi connectivity index (χ2n) is 7.10. The smallest absolute Gasteiger partial charge is 0.361 e. The predicted octanol–water partition coefficient (Wildman–Crippen LogP) is 4.53.